The summed E-state index contributed by atoms with van der Waals surface area (Å²) >= 11 is 0. The lowest BCUT2D eigenvalue weighted by atomic mass is 10.1. The lowest BCUT2D eigenvalue weighted by Gasteiger charge is -2.24. The number of carbonyl (C=O) groups is 2. The van der Waals surface area contributed by atoms with Crippen LogP contribution in [0.3, 0.4) is 0 Å². The number of alkyl halides is 1. The molecule has 0 radical (unpaired) electrons. The fourth-order valence-electron chi connectivity index (χ4n) is 3.60. The normalized spacial score (nSPS) is 18.6. The Balaban J connectivity index is 1.60. The van der Waals surface area contributed by atoms with Crippen LogP contribution in [0.15, 0.2) is 30.5 Å². The highest BCUT2D eigenvalue weighted by Crippen LogP contribution is 2.23. The molecule has 1 N–H and O–H groups in total. The minimum Gasteiger partial charge on any atom is -0.497 e. The molecule has 3 rings (SSSR count). The van der Waals surface area contributed by atoms with Crippen molar-refractivity contribution in [3.63, 3.8) is 0 Å². The number of halogens is 1. The summed E-state index contributed by atoms with van der Waals surface area (Å²) in [6.07, 6.45) is 1.55. The number of hydrogen-bond acceptors (Lipinski definition) is 5. The lowest BCUT2D eigenvalue weighted by Crippen LogP contribution is -2.38. The zero-order valence-electron chi connectivity index (χ0n) is 17.5. The number of methoxy groups -OCH3 is 1. The third kappa shape index (κ3) is 5.55. The van der Waals surface area contributed by atoms with E-state index in [1.807, 2.05) is 38.1 Å². The minimum atomic E-state index is -1.07. The van der Waals surface area contributed by atoms with Gasteiger partial charge in [-0.05, 0) is 38.0 Å². The Bertz CT molecular complexity index is 885. The van der Waals surface area contributed by atoms with Crippen molar-refractivity contribution < 1.29 is 18.7 Å². The number of hydrogen-bond donors (Lipinski definition) is 1. The van der Waals surface area contributed by atoms with Crippen LogP contribution in [-0.2, 0) is 17.8 Å². The topological polar surface area (TPSA) is 89.4 Å². The molecular formula is C21H28FN5O3. The zero-order chi connectivity index (χ0) is 21.7. The third-order valence-corrected chi connectivity index (χ3v) is 5.03. The summed E-state index contributed by atoms with van der Waals surface area (Å²) in [6.45, 7) is 4.10. The van der Waals surface area contributed by atoms with Gasteiger partial charge in [-0.3, -0.25) is 9.59 Å². The van der Waals surface area contributed by atoms with Gasteiger partial charge < -0.3 is 15.0 Å². The van der Waals surface area contributed by atoms with E-state index in [1.54, 1.807) is 12.0 Å². The SMILES string of the molecule is COc1cccc(CCC(=O)N2C[C@@H](F)C[C@H]2Cn2cc(C(=O)NC(C)C)nn2)c1. The van der Waals surface area contributed by atoms with Crippen molar-refractivity contribution in [3.05, 3.63) is 41.7 Å². The summed E-state index contributed by atoms with van der Waals surface area (Å²) in [5, 5.41) is 10.6. The summed E-state index contributed by atoms with van der Waals surface area (Å²) in [7, 11) is 1.60. The Morgan fingerprint density at radius 1 is 1.37 bits per heavy atom. The quantitative estimate of drug-likeness (QED) is 0.710. The van der Waals surface area contributed by atoms with Gasteiger partial charge in [-0.1, -0.05) is 17.3 Å². The first-order chi connectivity index (χ1) is 14.4. The summed E-state index contributed by atoms with van der Waals surface area (Å²) < 4.78 is 20.8. The number of nitrogens with zero attached hydrogens (tertiary/aromatic N) is 4. The number of carbonyl (C=O) groups excluding carboxylic acids is 2. The molecule has 30 heavy (non-hydrogen) atoms. The first kappa shape index (κ1) is 21.7. The maximum atomic E-state index is 14.1. The Morgan fingerprint density at radius 2 is 2.17 bits per heavy atom. The highest BCUT2D eigenvalue weighted by Gasteiger charge is 2.35. The number of ether oxygens (including phenoxy) is 1. The van der Waals surface area contributed by atoms with Crippen molar-refractivity contribution in [3.8, 4) is 5.75 Å². The Hall–Kier alpha value is -2.97. The van der Waals surface area contributed by atoms with Gasteiger partial charge in [-0.2, -0.15) is 0 Å². The zero-order valence-corrected chi connectivity index (χ0v) is 17.5. The van der Waals surface area contributed by atoms with E-state index in [2.05, 4.69) is 15.6 Å². The first-order valence-electron chi connectivity index (χ1n) is 10.1. The molecule has 1 aromatic carbocycles. The van der Waals surface area contributed by atoms with Gasteiger partial charge >= 0.3 is 0 Å². The molecule has 0 unspecified atom stereocenters. The van der Waals surface area contributed by atoms with Crippen LogP contribution in [-0.4, -0.2) is 63.6 Å². The van der Waals surface area contributed by atoms with E-state index < -0.39 is 6.17 Å². The molecule has 1 aliphatic rings. The van der Waals surface area contributed by atoms with Crippen LogP contribution in [0.5, 0.6) is 5.75 Å². The number of likely N-dealkylation sites (tertiary alicyclic amines) is 1. The van der Waals surface area contributed by atoms with Gasteiger partial charge in [0.2, 0.25) is 5.91 Å². The van der Waals surface area contributed by atoms with Crippen LogP contribution in [0.25, 0.3) is 0 Å². The monoisotopic (exact) mass is 417 g/mol. The fraction of sp³-hybridized carbons (Fsp3) is 0.524. The molecule has 8 nitrogen and oxygen atoms in total. The second-order valence-corrected chi connectivity index (χ2v) is 7.84. The maximum absolute atomic E-state index is 14.1. The second-order valence-electron chi connectivity index (χ2n) is 7.84. The van der Waals surface area contributed by atoms with Gasteiger partial charge in [0.1, 0.15) is 11.9 Å². The summed E-state index contributed by atoms with van der Waals surface area (Å²) in [5.41, 5.74) is 1.20. The van der Waals surface area contributed by atoms with Crippen molar-refractivity contribution in [2.45, 2.75) is 57.9 Å². The molecule has 1 fully saturated rings. The average Bonchev–Trinajstić information content (AvgIpc) is 3.32. The standard InChI is InChI=1S/C21H28FN5O3/c1-14(2)23-21(29)19-13-26(25-24-19)12-17-10-16(22)11-27(17)20(28)8-7-15-5-4-6-18(9-15)30-3/h4-6,9,13-14,16-17H,7-8,10-12H2,1-3H3,(H,23,29)/t16-,17-/m0/s1. The van der Waals surface area contributed by atoms with Crippen molar-refractivity contribution in [2.24, 2.45) is 0 Å². The largest absolute Gasteiger partial charge is 0.497 e. The highest BCUT2D eigenvalue weighted by atomic mass is 19.1. The van der Waals surface area contributed by atoms with E-state index in [-0.39, 0.29) is 49.0 Å². The number of aromatic nitrogens is 3. The second kappa shape index (κ2) is 9.69. The van der Waals surface area contributed by atoms with Crippen LogP contribution in [0.2, 0.25) is 0 Å². The summed E-state index contributed by atoms with van der Waals surface area (Å²) in [5.74, 6) is 0.337. The molecule has 1 saturated heterocycles. The molecule has 2 atom stereocenters. The maximum Gasteiger partial charge on any atom is 0.273 e. The van der Waals surface area contributed by atoms with Crippen molar-refractivity contribution >= 4 is 11.8 Å². The molecule has 9 heteroatoms. The number of nitrogens with one attached hydrogen (secondary N) is 1. The van der Waals surface area contributed by atoms with Gasteiger partial charge in [0.15, 0.2) is 5.69 Å². The molecule has 2 aromatic rings. The number of amides is 2. The highest BCUT2D eigenvalue weighted by molar-refractivity contribution is 5.92. The molecule has 0 aliphatic carbocycles. The smallest absolute Gasteiger partial charge is 0.273 e. The molecule has 1 aromatic heterocycles. The molecule has 0 saturated carbocycles. The Morgan fingerprint density at radius 3 is 2.90 bits per heavy atom. The van der Waals surface area contributed by atoms with Crippen molar-refractivity contribution in [1.29, 1.82) is 0 Å². The Kier molecular flexibility index (Phi) is 7.02. The predicted molar refractivity (Wildman–Crippen MR) is 109 cm³/mol. The van der Waals surface area contributed by atoms with Crippen molar-refractivity contribution in [2.75, 3.05) is 13.7 Å². The molecule has 162 valence electrons. The van der Waals surface area contributed by atoms with Crippen LogP contribution in [0, 0.1) is 0 Å². The van der Waals surface area contributed by atoms with E-state index in [0.717, 1.165) is 11.3 Å². The van der Waals surface area contributed by atoms with Gasteiger partial charge in [-0.25, -0.2) is 9.07 Å². The minimum absolute atomic E-state index is 0.0116. The van der Waals surface area contributed by atoms with E-state index >= 15 is 0 Å². The van der Waals surface area contributed by atoms with Crippen LogP contribution < -0.4 is 10.1 Å². The molecule has 1 aliphatic heterocycles. The van der Waals surface area contributed by atoms with Gasteiger partial charge in [0.05, 0.1) is 32.4 Å². The van der Waals surface area contributed by atoms with Gasteiger partial charge in [0, 0.05) is 18.9 Å². The van der Waals surface area contributed by atoms with E-state index in [9.17, 15) is 14.0 Å². The third-order valence-electron chi connectivity index (χ3n) is 5.03. The predicted octanol–water partition coefficient (Wildman–Crippen LogP) is 2.00. The van der Waals surface area contributed by atoms with E-state index in [1.165, 1.54) is 10.9 Å². The lowest BCUT2D eigenvalue weighted by molar-refractivity contribution is -0.132. The van der Waals surface area contributed by atoms with Crippen molar-refractivity contribution in [1.82, 2.24) is 25.2 Å². The molecular weight excluding hydrogens is 389 g/mol. The summed E-state index contributed by atoms with van der Waals surface area (Å²) in [4.78, 5) is 26.4. The molecule has 0 spiro atoms. The Labute approximate surface area is 175 Å². The van der Waals surface area contributed by atoms with Crippen LogP contribution >= 0.6 is 0 Å². The summed E-state index contributed by atoms with van der Waals surface area (Å²) in [6, 6.07) is 7.24. The molecule has 0 bridgehead atoms. The number of rotatable bonds is 8. The number of benzene rings is 1. The van der Waals surface area contributed by atoms with E-state index in [0.29, 0.717) is 13.0 Å². The molecule has 2 heterocycles. The van der Waals surface area contributed by atoms with Gasteiger partial charge in [-0.15, -0.1) is 5.10 Å². The first-order valence-corrected chi connectivity index (χ1v) is 10.1. The average molecular weight is 417 g/mol. The van der Waals surface area contributed by atoms with Crippen LogP contribution in [0.1, 0.15) is 42.7 Å². The fourth-order valence-corrected chi connectivity index (χ4v) is 3.60. The number of aryl methyl sites for hydroxylation is 1. The van der Waals surface area contributed by atoms with Crippen LogP contribution in [0.4, 0.5) is 4.39 Å². The molecule has 2 amide bonds. The van der Waals surface area contributed by atoms with E-state index in [4.69, 9.17) is 4.74 Å². The van der Waals surface area contributed by atoms with Gasteiger partial charge in [0.25, 0.3) is 5.91 Å².